The van der Waals surface area contributed by atoms with E-state index in [9.17, 15) is 0 Å². The average molecular weight is 447 g/mol. The van der Waals surface area contributed by atoms with Crippen LogP contribution in [0.1, 0.15) is 18.4 Å². The first-order valence-corrected chi connectivity index (χ1v) is 12.3. The number of rotatable bonds is 1. The maximum absolute atomic E-state index is 6.46. The predicted molar refractivity (Wildman–Crippen MR) is 148 cm³/mol. The van der Waals surface area contributed by atoms with Crippen molar-refractivity contribution >= 4 is 48.7 Å². The summed E-state index contributed by atoms with van der Waals surface area (Å²) < 4.78 is 6.46. The van der Waals surface area contributed by atoms with Gasteiger partial charge in [0.25, 0.3) is 0 Å². The average Bonchev–Trinajstić information content (AvgIpc) is 2.92. The van der Waals surface area contributed by atoms with Gasteiger partial charge in [0.1, 0.15) is 11.5 Å². The third-order valence-electron chi connectivity index (χ3n) is 7.69. The Kier molecular flexibility index (Phi) is 3.84. The summed E-state index contributed by atoms with van der Waals surface area (Å²) in [4.78, 5) is 0. The largest absolute Gasteiger partial charge is 0.460 e. The van der Waals surface area contributed by atoms with Crippen LogP contribution in [0, 0.1) is 0 Å². The molecule has 0 unspecified atom stereocenters. The lowest BCUT2D eigenvalue weighted by Crippen LogP contribution is -2.08. The van der Waals surface area contributed by atoms with Gasteiger partial charge in [0.05, 0.1) is 0 Å². The molecule has 35 heavy (non-hydrogen) atoms. The van der Waals surface area contributed by atoms with Gasteiger partial charge in [-0.1, -0.05) is 91.0 Å². The number of fused-ring (bicyclic) bond motifs is 5. The van der Waals surface area contributed by atoms with Gasteiger partial charge in [0, 0.05) is 17.4 Å². The highest BCUT2D eigenvalue weighted by Crippen LogP contribution is 2.48. The first-order chi connectivity index (χ1) is 17.4. The van der Waals surface area contributed by atoms with Crippen molar-refractivity contribution in [2.45, 2.75) is 12.8 Å². The Balaban J connectivity index is 1.54. The third-order valence-corrected chi connectivity index (χ3v) is 7.69. The molecule has 1 heteroatoms. The molecule has 2 aliphatic rings. The fourth-order valence-corrected chi connectivity index (χ4v) is 6.13. The molecule has 8 rings (SSSR count). The highest BCUT2D eigenvalue weighted by molar-refractivity contribution is 6.23. The molecule has 1 nitrogen and oxygen atoms in total. The number of ether oxygens (including phenoxy) is 1. The van der Waals surface area contributed by atoms with E-state index in [0.717, 1.165) is 24.4 Å². The van der Waals surface area contributed by atoms with E-state index < -0.39 is 0 Å². The van der Waals surface area contributed by atoms with Crippen LogP contribution in [0.4, 0.5) is 0 Å². The first-order valence-electron chi connectivity index (χ1n) is 12.3. The van der Waals surface area contributed by atoms with Gasteiger partial charge < -0.3 is 4.74 Å². The summed E-state index contributed by atoms with van der Waals surface area (Å²) in [6.07, 6.45) is 6.50. The maximum atomic E-state index is 6.46. The highest BCUT2D eigenvalue weighted by Gasteiger charge is 2.24. The van der Waals surface area contributed by atoms with Gasteiger partial charge in [0.2, 0.25) is 0 Å². The summed E-state index contributed by atoms with van der Waals surface area (Å²) in [5.74, 6) is 2.07. The molecule has 1 aliphatic carbocycles. The standard InChI is InChI=1S/C34H22O/c1-3-10-23-21(8-1)16-17-29-30(23)20-22-9-2-4-11-24(22)33(29)28-18-19-32-34-26(13-7-14-27(28)34)25-12-5-6-15-31(25)35-32/h1-5,7-14,16-20H,6,15H2. The van der Waals surface area contributed by atoms with Crippen LogP contribution < -0.4 is 4.74 Å². The Bertz CT molecular complexity index is 1920. The molecule has 1 heterocycles. The van der Waals surface area contributed by atoms with Crippen LogP contribution in [0.5, 0.6) is 5.75 Å². The summed E-state index contributed by atoms with van der Waals surface area (Å²) in [5, 5.41) is 10.2. The van der Waals surface area contributed by atoms with Crippen molar-refractivity contribution in [1.82, 2.24) is 0 Å². The molecule has 0 aromatic heterocycles. The van der Waals surface area contributed by atoms with Crippen molar-refractivity contribution in [3.63, 3.8) is 0 Å². The molecule has 164 valence electrons. The normalized spacial score (nSPS) is 14.6. The van der Waals surface area contributed by atoms with E-state index >= 15 is 0 Å². The van der Waals surface area contributed by atoms with Gasteiger partial charge in [-0.3, -0.25) is 0 Å². The van der Waals surface area contributed by atoms with Crippen LogP contribution in [0.25, 0.3) is 59.8 Å². The van der Waals surface area contributed by atoms with Crippen molar-refractivity contribution in [2.75, 3.05) is 0 Å². The van der Waals surface area contributed by atoms with Gasteiger partial charge in [-0.05, 0) is 79.0 Å². The van der Waals surface area contributed by atoms with E-state index in [1.54, 1.807) is 0 Å². The van der Waals surface area contributed by atoms with Crippen molar-refractivity contribution in [3.8, 4) is 16.9 Å². The maximum Gasteiger partial charge on any atom is 0.135 e. The number of benzene rings is 6. The van der Waals surface area contributed by atoms with Gasteiger partial charge in [-0.2, -0.15) is 0 Å². The van der Waals surface area contributed by atoms with E-state index in [-0.39, 0.29) is 0 Å². The zero-order valence-electron chi connectivity index (χ0n) is 19.2. The molecule has 1 aliphatic heterocycles. The second kappa shape index (κ2) is 7.07. The highest BCUT2D eigenvalue weighted by atomic mass is 16.5. The van der Waals surface area contributed by atoms with Crippen molar-refractivity contribution in [3.05, 3.63) is 121 Å². The van der Waals surface area contributed by atoms with Crippen molar-refractivity contribution in [1.29, 1.82) is 0 Å². The lowest BCUT2D eigenvalue weighted by Gasteiger charge is -2.26. The Hall–Kier alpha value is -4.36. The van der Waals surface area contributed by atoms with E-state index in [4.69, 9.17) is 4.74 Å². The predicted octanol–water partition coefficient (Wildman–Crippen LogP) is 9.42. The van der Waals surface area contributed by atoms with Gasteiger partial charge in [-0.15, -0.1) is 0 Å². The summed E-state index contributed by atoms with van der Waals surface area (Å²) in [7, 11) is 0. The first kappa shape index (κ1) is 19.0. The SMILES string of the molecule is C1=CC2=C(CC1)Oc1ccc(-c3c4ccccc4cc4c3ccc3ccccc34)c3cccc2c13. The molecule has 0 bridgehead atoms. The Labute approximate surface area is 203 Å². The summed E-state index contributed by atoms with van der Waals surface area (Å²) in [6.45, 7) is 0. The minimum atomic E-state index is 0.963. The lowest BCUT2D eigenvalue weighted by molar-refractivity contribution is 0.407. The van der Waals surface area contributed by atoms with E-state index in [1.165, 1.54) is 65.4 Å². The number of hydrogen-bond donors (Lipinski definition) is 0. The summed E-state index contributed by atoms with van der Waals surface area (Å²) in [5.41, 5.74) is 5.08. The Morgan fingerprint density at radius 1 is 0.571 bits per heavy atom. The number of allylic oxidation sites excluding steroid dienone is 4. The second-order valence-electron chi connectivity index (χ2n) is 9.57. The molecule has 0 saturated heterocycles. The Morgan fingerprint density at radius 2 is 1.40 bits per heavy atom. The molecule has 0 fully saturated rings. The smallest absolute Gasteiger partial charge is 0.135 e. The summed E-state index contributed by atoms with van der Waals surface area (Å²) in [6, 6.07) is 35.5. The third kappa shape index (κ3) is 2.64. The minimum Gasteiger partial charge on any atom is -0.460 e. The van der Waals surface area contributed by atoms with Gasteiger partial charge in [-0.25, -0.2) is 0 Å². The fourth-order valence-electron chi connectivity index (χ4n) is 6.13. The van der Waals surface area contributed by atoms with Crippen LogP contribution in [-0.2, 0) is 0 Å². The monoisotopic (exact) mass is 446 g/mol. The second-order valence-corrected chi connectivity index (χ2v) is 9.57. The molecule has 0 saturated carbocycles. The summed E-state index contributed by atoms with van der Waals surface area (Å²) >= 11 is 0. The van der Waals surface area contributed by atoms with Gasteiger partial charge >= 0.3 is 0 Å². The van der Waals surface area contributed by atoms with E-state index in [2.05, 4.69) is 109 Å². The molecule has 6 aromatic rings. The topological polar surface area (TPSA) is 9.23 Å². The number of hydrogen-bond acceptors (Lipinski definition) is 1. The molecule has 0 spiro atoms. The molecule has 0 atom stereocenters. The molecule has 0 radical (unpaired) electrons. The van der Waals surface area contributed by atoms with E-state index in [1.807, 2.05) is 0 Å². The van der Waals surface area contributed by atoms with E-state index in [0.29, 0.717) is 0 Å². The van der Waals surface area contributed by atoms with Crippen molar-refractivity contribution < 1.29 is 4.74 Å². The molecular formula is C34H22O. The van der Waals surface area contributed by atoms with Crippen LogP contribution in [0.15, 0.2) is 115 Å². The van der Waals surface area contributed by atoms with Crippen LogP contribution in [0.3, 0.4) is 0 Å². The van der Waals surface area contributed by atoms with Crippen LogP contribution in [0.2, 0.25) is 0 Å². The fraction of sp³-hybridized carbons (Fsp3) is 0.0588. The molecule has 0 amide bonds. The quantitative estimate of drug-likeness (QED) is 0.180. The zero-order chi connectivity index (χ0) is 22.9. The Morgan fingerprint density at radius 3 is 2.34 bits per heavy atom. The molecule has 0 N–H and O–H groups in total. The minimum absolute atomic E-state index is 0.963. The molecular weight excluding hydrogens is 424 g/mol. The zero-order valence-corrected chi connectivity index (χ0v) is 19.2. The van der Waals surface area contributed by atoms with Crippen molar-refractivity contribution in [2.24, 2.45) is 0 Å². The van der Waals surface area contributed by atoms with Crippen LogP contribution in [-0.4, -0.2) is 0 Å². The van der Waals surface area contributed by atoms with Gasteiger partial charge in [0.15, 0.2) is 0 Å². The molecule has 6 aromatic carbocycles. The van der Waals surface area contributed by atoms with Crippen LogP contribution >= 0.6 is 0 Å². The lowest BCUT2D eigenvalue weighted by atomic mass is 9.85.